The molecule has 16 heavy (non-hydrogen) atoms. The van der Waals surface area contributed by atoms with Gasteiger partial charge in [0.15, 0.2) is 5.69 Å². The molecule has 0 spiro atoms. The maximum Gasteiger partial charge on any atom is 0.272 e. The molecular formula is C10H14N4O2. The third-order valence-corrected chi connectivity index (χ3v) is 1.94. The van der Waals surface area contributed by atoms with Crippen molar-refractivity contribution in [3.63, 3.8) is 0 Å². The van der Waals surface area contributed by atoms with Gasteiger partial charge in [0.05, 0.1) is 5.56 Å². The molecule has 86 valence electrons. The Hall–Kier alpha value is -2.11. The van der Waals surface area contributed by atoms with Crippen molar-refractivity contribution in [2.24, 2.45) is 12.8 Å². The van der Waals surface area contributed by atoms with E-state index in [0.29, 0.717) is 13.0 Å². The summed E-state index contributed by atoms with van der Waals surface area (Å²) in [6, 6.07) is 0. The molecule has 0 aliphatic heterocycles. The zero-order valence-corrected chi connectivity index (χ0v) is 9.06. The predicted octanol–water partition coefficient (Wildman–Crippen LogP) is -0.175. The number of primary amides is 1. The Morgan fingerprint density at radius 2 is 2.38 bits per heavy atom. The summed E-state index contributed by atoms with van der Waals surface area (Å²) >= 11 is 0. The van der Waals surface area contributed by atoms with Crippen molar-refractivity contribution in [1.29, 1.82) is 0 Å². The monoisotopic (exact) mass is 222 g/mol. The first kappa shape index (κ1) is 12.0. The summed E-state index contributed by atoms with van der Waals surface area (Å²) in [5.74, 6) is -1.07. The van der Waals surface area contributed by atoms with Crippen LogP contribution in [0.2, 0.25) is 0 Å². The maximum atomic E-state index is 11.6. The smallest absolute Gasteiger partial charge is 0.272 e. The highest BCUT2D eigenvalue weighted by Gasteiger charge is 2.18. The van der Waals surface area contributed by atoms with Gasteiger partial charge in [-0.1, -0.05) is 6.08 Å². The molecule has 2 amide bonds. The Balaban J connectivity index is 2.81. The lowest BCUT2D eigenvalue weighted by Gasteiger charge is -2.01. The molecule has 0 aliphatic rings. The number of nitrogens with one attached hydrogen (secondary N) is 1. The van der Waals surface area contributed by atoms with Crippen LogP contribution in [-0.4, -0.2) is 28.1 Å². The lowest BCUT2D eigenvalue weighted by atomic mass is 10.2. The fraction of sp³-hybridized carbons (Fsp3) is 0.300. The number of hydrogen-bond acceptors (Lipinski definition) is 3. The molecule has 0 aromatic carbocycles. The highest BCUT2D eigenvalue weighted by Crippen LogP contribution is 2.05. The van der Waals surface area contributed by atoms with Gasteiger partial charge < -0.3 is 11.1 Å². The SMILES string of the molecule is C=CCCNC(=O)c1nn(C)cc1C(N)=O. The van der Waals surface area contributed by atoms with Crippen LogP contribution in [0.15, 0.2) is 18.9 Å². The number of aromatic nitrogens is 2. The maximum absolute atomic E-state index is 11.6. The molecule has 0 atom stereocenters. The molecule has 6 heteroatoms. The average molecular weight is 222 g/mol. The van der Waals surface area contributed by atoms with Gasteiger partial charge in [-0.05, 0) is 6.42 Å². The summed E-state index contributed by atoms with van der Waals surface area (Å²) in [6.07, 6.45) is 3.77. The van der Waals surface area contributed by atoms with Crippen LogP contribution in [0.3, 0.4) is 0 Å². The molecule has 0 radical (unpaired) electrons. The topological polar surface area (TPSA) is 90.0 Å². The van der Waals surface area contributed by atoms with Crippen molar-refractivity contribution in [3.8, 4) is 0 Å². The third-order valence-electron chi connectivity index (χ3n) is 1.94. The van der Waals surface area contributed by atoms with Crippen LogP contribution in [-0.2, 0) is 7.05 Å². The largest absolute Gasteiger partial charge is 0.365 e. The Labute approximate surface area is 93.1 Å². The Kier molecular flexibility index (Phi) is 3.82. The van der Waals surface area contributed by atoms with Crippen LogP contribution in [0, 0.1) is 0 Å². The van der Waals surface area contributed by atoms with Crippen molar-refractivity contribution >= 4 is 11.8 Å². The van der Waals surface area contributed by atoms with E-state index in [2.05, 4.69) is 17.0 Å². The van der Waals surface area contributed by atoms with Crippen molar-refractivity contribution in [2.45, 2.75) is 6.42 Å². The second-order valence-corrected chi connectivity index (χ2v) is 3.26. The lowest BCUT2D eigenvalue weighted by Crippen LogP contribution is -2.27. The van der Waals surface area contributed by atoms with E-state index in [1.165, 1.54) is 10.9 Å². The number of amides is 2. The van der Waals surface area contributed by atoms with Gasteiger partial charge in [0.2, 0.25) is 0 Å². The van der Waals surface area contributed by atoms with Crippen LogP contribution < -0.4 is 11.1 Å². The lowest BCUT2D eigenvalue weighted by molar-refractivity contribution is 0.0932. The van der Waals surface area contributed by atoms with Gasteiger partial charge in [0, 0.05) is 19.8 Å². The minimum absolute atomic E-state index is 0.0547. The quantitative estimate of drug-likeness (QED) is 0.535. The van der Waals surface area contributed by atoms with Crippen LogP contribution in [0.25, 0.3) is 0 Å². The Bertz CT molecular complexity index is 422. The van der Waals surface area contributed by atoms with Crippen LogP contribution >= 0.6 is 0 Å². The fourth-order valence-electron chi connectivity index (χ4n) is 1.21. The average Bonchev–Trinajstić information content (AvgIpc) is 2.61. The Morgan fingerprint density at radius 3 is 2.94 bits per heavy atom. The molecule has 0 fully saturated rings. The standard InChI is InChI=1S/C10H14N4O2/c1-3-4-5-12-10(16)8-7(9(11)15)6-14(2)13-8/h3,6H,1,4-5H2,2H3,(H2,11,15)(H,12,16). The number of carbonyl (C=O) groups excluding carboxylic acids is 2. The van der Waals surface area contributed by atoms with E-state index in [9.17, 15) is 9.59 Å². The van der Waals surface area contributed by atoms with E-state index in [1.54, 1.807) is 13.1 Å². The Morgan fingerprint density at radius 1 is 1.69 bits per heavy atom. The van der Waals surface area contributed by atoms with Gasteiger partial charge in [-0.25, -0.2) is 0 Å². The van der Waals surface area contributed by atoms with Crippen LogP contribution in [0.5, 0.6) is 0 Å². The first-order valence-electron chi connectivity index (χ1n) is 4.78. The van der Waals surface area contributed by atoms with Gasteiger partial charge in [-0.3, -0.25) is 14.3 Å². The van der Waals surface area contributed by atoms with Crippen molar-refractivity contribution < 1.29 is 9.59 Å². The molecule has 0 unspecified atom stereocenters. The van der Waals surface area contributed by atoms with Crippen LogP contribution in [0.1, 0.15) is 27.3 Å². The van der Waals surface area contributed by atoms with Crippen LogP contribution in [0.4, 0.5) is 0 Å². The minimum Gasteiger partial charge on any atom is -0.365 e. The summed E-state index contributed by atoms with van der Waals surface area (Å²) in [7, 11) is 1.62. The molecule has 1 aromatic heterocycles. The van der Waals surface area contributed by atoms with Crippen molar-refractivity contribution in [3.05, 3.63) is 30.1 Å². The first-order valence-corrected chi connectivity index (χ1v) is 4.78. The van der Waals surface area contributed by atoms with E-state index in [4.69, 9.17) is 5.73 Å². The highest BCUT2D eigenvalue weighted by molar-refractivity contribution is 6.05. The number of aryl methyl sites for hydroxylation is 1. The second-order valence-electron chi connectivity index (χ2n) is 3.26. The molecule has 0 saturated heterocycles. The zero-order chi connectivity index (χ0) is 12.1. The normalized spacial score (nSPS) is 9.81. The summed E-state index contributed by atoms with van der Waals surface area (Å²) in [6.45, 7) is 3.99. The molecule has 3 N–H and O–H groups in total. The van der Waals surface area contributed by atoms with E-state index >= 15 is 0 Å². The first-order chi connectivity index (χ1) is 7.56. The number of nitrogens with two attached hydrogens (primary N) is 1. The predicted molar refractivity (Wildman–Crippen MR) is 58.9 cm³/mol. The zero-order valence-electron chi connectivity index (χ0n) is 9.06. The molecule has 1 rings (SSSR count). The summed E-state index contributed by atoms with van der Waals surface area (Å²) in [5.41, 5.74) is 5.31. The summed E-state index contributed by atoms with van der Waals surface area (Å²) in [4.78, 5) is 22.7. The van der Waals surface area contributed by atoms with Gasteiger partial charge in [-0.15, -0.1) is 6.58 Å². The molecule has 0 bridgehead atoms. The van der Waals surface area contributed by atoms with Gasteiger partial charge in [0.1, 0.15) is 0 Å². The fourth-order valence-corrected chi connectivity index (χ4v) is 1.21. The van der Waals surface area contributed by atoms with E-state index in [-0.39, 0.29) is 11.3 Å². The molecular weight excluding hydrogens is 208 g/mol. The summed E-state index contributed by atoms with van der Waals surface area (Å²) < 4.78 is 1.38. The number of carbonyl (C=O) groups is 2. The number of nitrogens with zero attached hydrogens (tertiary/aromatic N) is 2. The molecule has 1 aromatic rings. The third kappa shape index (κ3) is 2.69. The van der Waals surface area contributed by atoms with Crippen molar-refractivity contribution in [1.82, 2.24) is 15.1 Å². The number of hydrogen-bond donors (Lipinski definition) is 2. The van der Waals surface area contributed by atoms with E-state index in [0.717, 1.165) is 0 Å². The summed E-state index contributed by atoms with van der Waals surface area (Å²) in [5, 5.41) is 6.50. The second kappa shape index (κ2) is 5.11. The minimum atomic E-state index is -0.665. The molecule has 0 saturated carbocycles. The molecule has 6 nitrogen and oxygen atoms in total. The van der Waals surface area contributed by atoms with Gasteiger partial charge >= 0.3 is 0 Å². The van der Waals surface area contributed by atoms with Gasteiger partial charge in [0.25, 0.3) is 11.8 Å². The molecule has 0 aliphatic carbocycles. The van der Waals surface area contributed by atoms with E-state index < -0.39 is 11.8 Å². The van der Waals surface area contributed by atoms with Gasteiger partial charge in [-0.2, -0.15) is 5.10 Å². The molecule has 1 heterocycles. The van der Waals surface area contributed by atoms with Crippen molar-refractivity contribution in [2.75, 3.05) is 6.54 Å². The highest BCUT2D eigenvalue weighted by atomic mass is 16.2. The van der Waals surface area contributed by atoms with E-state index in [1.807, 2.05) is 0 Å². The number of rotatable bonds is 5.